The van der Waals surface area contributed by atoms with Gasteiger partial charge < -0.3 is 38.2 Å². The van der Waals surface area contributed by atoms with Crippen LogP contribution in [0, 0.1) is 6.92 Å². The van der Waals surface area contributed by atoms with E-state index in [0.717, 1.165) is 69.9 Å². The van der Waals surface area contributed by atoms with Crippen LogP contribution in [0.3, 0.4) is 0 Å². The van der Waals surface area contributed by atoms with E-state index in [1.165, 1.54) is 24.0 Å². The second-order valence-corrected chi connectivity index (χ2v) is 14.2. The lowest BCUT2D eigenvalue weighted by Crippen LogP contribution is -2.38. The smallest absolute Gasteiger partial charge is 0.254 e. The average Bonchev–Trinajstić information content (AvgIpc) is 3.66. The third kappa shape index (κ3) is 14.3. The van der Waals surface area contributed by atoms with Crippen molar-refractivity contribution in [2.24, 2.45) is 4.99 Å². The Kier molecular flexibility index (Phi) is 22.0. The van der Waals surface area contributed by atoms with E-state index >= 15 is 0 Å². The zero-order valence-corrected chi connectivity index (χ0v) is 36.6. The Morgan fingerprint density at radius 2 is 1.43 bits per heavy atom. The van der Waals surface area contributed by atoms with Gasteiger partial charge in [-0.15, -0.1) is 0 Å². The molecule has 3 aromatic carbocycles. The molecule has 3 aromatic rings. The molecule has 312 valence electrons. The minimum Gasteiger partial charge on any atom is -0.493 e. The summed E-state index contributed by atoms with van der Waals surface area (Å²) in [7, 11) is 7.99. The number of methoxy groups -OCH3 is 5. The number of amides is 1. The van der Waals surface area contributed by atoms with E-state index in [1.807, 2.05) is 49.9 Å². The van der Waals surface area contributed by atoms with Crippen LogP contribution in [0.15, 0.2) is 59.6 Å². The normalized spacial score (nSPS) is 14.6. The number of ether oxygens (including phenoxy) is 6. The van der Waals surface area contributed by atoms with E-state index in [1.54, 1.807) is 47.7 Å². The lowest BCUT2D eigenvalue weighted by Gasteiger charge is -2.33. The Hall–Kier alpha value is -4.28. The van der Waals surface area contributed by atoms with Gasteiger partial charge in [0.2, 0.25) is 5.75 Å². The third-order valence-electron chi connectivity index (χ3n) is 9.84. The molecule has 0 radical (unpaired) electrons. The number of aryl methyl sites for hydroxylation is 1. The van der Waals surface area contributed by atoms with Crippen molar-refractivity contribution in [1.82, 2.24) is 9.80 Å². The molecule has 0 aliphatic carbocycles. The summed E-state index contributed by atoms with van der Waals surface area (Å²) in [5, 5.41) is 0. The largest absolute Gasteiger partial charge is 0.493 e. The zero-order valence-electron chi connectivity index (χ0n) is 36.6. The van der Waals surface area contributed by atoms with Gasteiger partial charge in [0.25, 0.3) is 5.91 Å². The molecule has 1 amide bonds. The van der Waals surface area contributed by atoms with Gasteiger partial charge in [-0.25, -0.2) is 0 Å². The van der Waals surface area contributed by atoms with Crippen LogP contribution < -0.4 is 23.7 Å². The van der Waals surface area contributed by atoms with Crippen molar-refractivity contribution in [3.63, 3.8) is 0 Å². The minimum atomic E-state index is -0.200. The fourth-order valence-electron chi connectivity index (χ4n) is 6.81. The Balaban J connectivity index is 0.000000524. The van der Waals surface area contributed by atoms with Crippen molar-refractivity contribution in [2.45, 2.75) is 92.4 Å². The van der Waals surface area contributed by atoms with Crippen molar-refractivity contribution in [2.75, 3.05) is 81.5 Å². The molecule has 1 atom stereocenters. The molecule has 0 bridgehead atoms. The summed E-state index contributed by atoms with van der Waals surface area (Å²) in [4.78, 5) is 22.7. The molecule has 4 rings (SSSR count). The lowest BCUT2D eigenvalue weighted by atomic mass is 9.76. The van der Waals surface area contributed by atoms with Gasteiger partial charge >= 0.3 is 0 Å². The Morgan fingerprint density at radius 1 is 0.768 bits per heavy atom. The van der Waals surface area contributed by atoms with Crippen LogP contribution in [0.5, 0.6) is 28.7 Å². The van der Waals surface area contributed by atoms with Crippen LogP contribution >= 0.6 is 0 Å². The standard InChI is InChI=1S/C31H46N2O6.C10H13N.C5H12O/c1-8-10-16-32(15-9-2)17-13-31(24-11-12-25(35-3)26(21-24)36-4)14-18-33(22-31)30(34)23-19-27(37-5)29(39-7)28(20-23)38-6;1-8(2)11-10-7-5-4-6-9(10)3;1-3-5-6-4-2/h11-12,19-21H,8-10,13-18,22H2,1-7H3;4-7H,1-3H3;3-5H2,1-2H3. The van der Waals surface area contributed by atoms with Crippen LogP contribution in [0.4, 0.5) is 5.69 Å². The van der Waals surface area contributed by atoms with Crippen LogP contribution in [0.25, 0.3) is 0 Å². The number of benzene rings is 3. The number of carbonyl (C=O) groups excluding carboxylic acids is 1. The lowest BCUT2D eigenvalue weighted by molar-refractivity contribution is 0.0779. The number of likely N-dealkylation sites (tertiary alicyclic amines) is 1. The van der Waals surface area contributed by atoms with E-state index in [9.17, 15) is 4.79 Å². The fraction of sp³-hybridized carbons (Fsp3) is 0.565. The van der Waals surface area contributed by atoms with Gasteiger partial charge in [0.15, 0.2) is 23.0 Å². The van der Waals surface area contributed by atoms with Crippen LogP contribution in [0.2, 0.25) is 0 Å². The molecular weight excluding hydrogens is 707 g/mol. The predicted molar refractivity (Wildman–Crippen MR) is 231 cm³/mol. The first-order valence-electron chi connectivity index (χ1n) is 20.2. The number of rotatable bonds is 19. The number of unbranched alkanes of at least 4 members (excludes halogenated alkanes) is 1. The van der Waals surface area contributed by atoms with Crippen molar-refractivity contribution < 1.29 is 33.2 Å². The molecular formula is C46H71N3O7. The molecule has 1 unspecified atom stereocenters. The molecule has 56 heavy (non-hydrogen) atoms. The van der Waals surface area contributed by atoms with Gasteiger partial charge in [0.1, 0.15) is 0 Å². The molecule has 1 aliphatic heterocycles. The Labute approximate surface area is 338 Å². The summed E-state index contributed by atoms with van der Waals surface area (Å²) in [5.41, 5.74) is 4.89. The highest BCUT2D eigenvalue weighted by molar-refractivity contribution is 5.96. The van der Waals surface area contributed by atoms with E-state index in [2.05, 4.69) is 55.8 Å². The second-order valence-electron chi connectivity index (χ2n) is 14.2. The molecule has 0 saturated carbocycles. The van der Waals surface area contributed by atoms with Gasteiger partial charge in [0.05, 0.1) is 41.2 Å². The molecule has 0 N–H and O–H groups in total. The molecule has 1 saturated heterocycles. The number of aliphatic imine (C=N–C) groups is 1. The molecule has 1 aliphatic rings. The van der Waals surface area contributed by atoms with E-state index in [-0.39, 0.29) is 11.3 Å². The van der Waals surface area contributed by atoms with Gasteiger partial charge in [-0.3, -0.25) is 9.79 Å². The number of hydrogen-bond donors (Lipinski definition) is 0. The summed E-state index contributed by atoms with van der Waals surface area (Å²) in [6.07, 6.45) is 6.44. The average molecular weight is 778 g/mol. The summed E-state index contributed by atoms with van der Waals surface area (Å²) >= 11 is 0. The van der Waals surface area contributed by atoms with E-state index in [0.29, 0.717) is 47.4 Å². The van der Waals surface area contributed by atoms with Gasteiger partial charge in [0, 0.05) is 43.0 Å². The molecule has 0 aromatic heterocycles. The van der Waals surface area contributed by atoms with Crippen molar-refractivity contribution >= 4 is 17.3 Å². The highest BCUT2D eigenvalue weighted by Crippen LogP contribution is 2.43. The van der Waals surface area contributed by atoms with E-state index in [4.69, 9.17) is 28.4 Å². The Bertz CT molecular complexity index is 1590. The van der Waals surface area contributed by atoms with Crippen molar-refractivity contribution in [3.05, 3.63) is 71.3 Å². The van der Waals surface area contributed by atoms with E-state index < -0.39 is 0 Å². The Morgan fingerprint density at radius 3 is 1.95 bits per heavy atom. The van der Waals surface area contributed by atoms with Crippen molar-refractivity contribution in [3.8, 4) is 28.7 Å². The maximum absolute atomic E-state index is 13.8. The second kappa shape index (κ2) is 25.8. The zero-order chi connectivity index (χ0) is 41.5. The first kappa shape index (κ1) is 47.9. The summed E-state index contributed by atoms with van der Waals surface area (Å²) in [6, 6.07) is 17.8. The first-order valence-corrected chi connectivity index (χ1v) is 20.2. The van der Waals surface area contributed by atoms with Crippen LogP contribution in [-0.4, -0.2) is 103 Å². The molecule has 10 heteroatoms. The molecule has 0 spiro atoms. The van der Waals surface area contributed by atoms with Gasteiger partial charge in [-0.05, 0) is 121 Å². The van der Waals surface area contributed by atoms with Gasteiger partial charge in [-0.1, -0.05) is 51.5 Å². The maximum atomic E-state index is 13.8. The van der Waals surface area contributed by atoms with Gasteiger partial charge in [-0.2, -0.15) is 0 Å². The van der Waals surface area contributed by atoms with Crippen LogP contribution in [-0.2, 0) is 10.2 Å². The monoisotopic (exact) mass is 778 g/mol. The number of hydrogen-bond acceptors (Lipinski definition) is 9. The molecule has 10 nitrogen and oxygen atoms in total. The number of nitrogens with zero attached hydrogens (tertiary/aromatic N) is 3. The quantitative estimate of drug-likeness (QED) is 0.0878. The highest BCUT2D eigenvalue weighted by Gasteiger charge is 2.42. The number of para-hydroxylation sites is 1. The minimum absolute atomic E-state index is 0.0481. The molecule has 1 fully saturated rings. The third-order valence-corrected chi connectivity index (χ3v) is 9.84. The predicted octanol–water partition coefficient (Wildman–Crippen LogP) is 9.96. The summed E-state index contributed by atoms with van der Waals surface area (Å²) < 4.78 is 32.6. The topological polar surface area (TPSA) is 91.3 Å². The number of carbonyl (C=O) groups is 1. The molecule has 1 heterocycles. The fourth-order valence-corrected chi connectivity index (χ4v) is 6.81. The first-order chi connectivity index (χ1) is 27.0. The SMILES string of the molecule is CC(C)=Nc1ccccc1C.CCCCN(CCC)CCC1(c2ccc(OC)c(OC)c2)CCN(C(=O)c2cc(OC)c(OC)c(OC)c2)C1.CCCOCC. The van der Waals surface area contributed by atoms with Crippen LogP contribution in [0.1, 0.15) is 102 Å². The summed E-state index contributed by atoms with van der Waals surface area (Å²) in [5.74, 6) is 2.78. The maximum Gasteiger partial charge on any atom is 0.254 e. The van der Waals surface area contributed by atoms with Crippen molar-refractivity contribution in [1.29, 1.82) is 0 Å². The highest BCUT2D eigenvalue weighted by atomic mass is 16.5. The summed E-state index contributed by atoms with van der Waals surface area (Å²) in [6.45, 7) is 20.9.